The van der Waals surface area contributed by atoms with E-state index in [4.69, 9.17) is 4.74 Å². The van der Waals surface area contributed by atoms with E-state index in [1.54, 1.807) is 12.1 Å². The molecule has 116 valence electrons. The van der Waals surface area contributed by atoms with Gasteiger partial charge < -0.3 is 15.2 Å². The first-order valence-corrected chi connectivity index (χ1v) is 7.83. The normalized spacial score (nSPS) is 15.4. The van der Waals surface area contributed by atoms with E-state index >= 15 is 0 Å². The smallest absolute Gasteiger partial charge is 0.262 e. The number of carbonyl (C=O) groups is 1. The second-order valence-corrected chi connectivity index (χ2v) is 6.09. The lowest BCUT2D eigenvalue weighted by Crippen LogP contribution is -2.33. The maximum atomic E-state index is 12.2. The predicted molar refractivity (Wildman–Crippen MR) is 86.3 cm³/mol. The van der Waals surface area contributed by atoms with Crippen LogP contribution in [0, 0.1) is 11.3 Å². The number of phenols is 1. The third-order valence-electron chi connectivity index (χ3n) is 3.64. The van der Waals surface area contributed by atoms with E-state index in [1.165, 1.54) is 13.2 Å². The van der Waals surface area contributed by atoms with Crippen LogP contribution >= 0.6 is 15.9 Å². The van der Waals surface area contributed by atoms with Gasteiger partial charge in [-0.25, -0.2) is 0 Å². The monoisotopic (exact) mass is 364 g/mol. The number of nitriles is 1. The number of nitrogens with zero attached hydrogens (tertiary/aromatic N) is 1. The van der Waals surface area contributed by atoms with Gasteiger partial charge in [-0.1, -0.05) is 28.8 Å². The third-order valence-corrected chi connectivity index (χ3v) is 4.10. The number of ether oxygens (including phenoxy) is 1. The average molecular weight is 365 g/mol. The molecule has 5 nitrogen and oxygen atoms in total. The number of phenolic OH excluding ortho intramolecular Hbond substituents is 1. The van der Waals surface area contributed by atoms with Crippen LogP contribution in [0.25, 0.3) is 6.08 Å². The molecule has 22 heavy (non-hydrogen) atoms. The van der Waals surface area contributed by atoms with E-state index in [9.17, 15) is 15.2 Å². The van der Waals surface area contributed by atoms with Gasteiger partial charge in [-0.15, -0.1) is 0 Å². The van der Waals surface area contributed by atoms with Crippen molar-refractivity contribution in [3.8, 4) is 17.6 Å². The summed E-state index contributed by atoms with van der Waals surface area (Å²) in [5.74, 6) is -0.242. The summed E-state index contributed by atoms with van der Waals surface area (Å²) < 4.78 is 5.74. The fourth-order valence-electron chi connectivity index (χ4n) is 2.50. The lowest BCUT2D eigenvalue weighted by molar-refractivity contribution is -0.117. The van der Waals surface area contributed by atoms with Crippen LogP contribution in [0.3, 0.4) is 0 Å². The quantitative estimate of drug-likeness (QED) is 0.635. The lowest BCUT2D eigenvalue weighted by atomic mass is 10.1. The van der Waals surface area contributed by atoms with Gasteiger partial charge in [-0.05, 0) is 31.1 Å². The summed E-state index contributed by atoms with van der Waals surface area (Å²) in [5.41, 5.74) is 0.312. The Hall–Kier alpha value is -2.00. The number of hydrogen-bond acceptors (Lipinski definition) is 4. The highest BCUT2D eigenvalue weighted by molar-refractivity contribution is 9.10. The summed E-state index contributed by atoms with van der Waals surface area (Å²) in [4.78, 5) is 12.2. The van der Waals surface area contributed by atoms with Crippen molar-refractivity contribution in [2.45, 2.75) is 31.7 Å². The van der Waals surface area contributed by atoms with E-state index in [0.717, 1.165) is 25.7 Å². The van der Waals surface area contributed by atoms with E-state index in [2.05, 4.69) is 21.2 Å². The van der Waals surface area contributed by atoms with E-state index in [0.29, 0.717) is 10.0 Å². The van der Waals surface area contributed by atoms with Crippen molar-refractivity contribution in [1.29, 1.82) is 5.26 Å². The SMILES string of the molecule is COc1cc(Br)cc(/C=C(/C#N)C(=O)NC2CCCC2)c1O. The van der Waals surface area contributed by atoms with Crippen LogP contribution in [-0.4, -0.2) is 24.2 Å². The maximum Gasteiger partial charge on any atom is 0.262 e. The van der Waals surface area contributed by atoms with Gasteiger partial charge in [0.25, 0.3) is 5.91 Å². The molecular formula is C16H17BrN2O3. The van der Waals surface area contributed by atoms with Crippen LogP contribution in [0.2, 0.25) is 0 Å². The fourth-order valence-corrected chi connectivity index (χ4v) is 2.95. The number of aromatic hydroxyl groups is 1. The molecule has 1 saturated carbocycles. The Kier molecular flexibility index (Phi) is 5.45. The van der Waals surface area contributed by atoms with Crippen molar-refractivity contribution in [3.05, 3.63) is 27.7 Å². The second kappa shape index (κ2) is 7.32. The summed E-state index contributed by atoms with van der Waals surface area (Å²) in [6, 6.07) is 5.26. The van der Waals surface area contributed by atoms with E-state index in [-0.39, 0.29) is 23.1 Å². The number of halogens is 1. The Labute approximate surface area is 137 Å². The molecule has 0 radical (unpaired) electrons. The first-order chi connectivity index (χ1) is 10.5. The minimum atomic E-state index is -0.409. The van der Waals surface area contributed by atoms with Gasteiger partial charge in [-0.3, -0.25) is 4.79 Å². The Bertz CT molecular complexity index is 644. The van der Waals surface area contributed by atoms with Gasteiger partial charge in [0.05, 0.1) is 7.11 Å². The molecule has 1 aromatic rings. The molecule has 2 N–H and O–H groups in total. The number of nitrogens with one attached hydrogen (secondary N) is 1. The number of carbonyl (C=O) groups excluding carboxylic acids is 1. The molecule has 1 aliphatic carbocycles. The highest BCUT2D eigenvalue weighted by Gasteiger charge is 2.20. The van der Waals surface area contributed by atoms with Crippen LogP contribution in [0.1, 0.15) is 31.2 Å². The van der Waals surface area contributed by atoms with Crippen LogP contribution in [0.4, 0.5) is 0 Å². The first-order valence-electron chi connectivity index (χ1n) is 7.04. The minimum Gasteiger partial charge on any atom is -0.504 e. The number of methoxy groups -OCH3 is 1. The van der Waals surface area contributed by atoms with Crippen LogP contribution in [-0.2, 0) is 4.79 Å². The van der Waals surface area contributed by atoms with E-state index < -0.39 is 5.91 Å². The number of rotatable bonds is 4. The minimum absolute atomic E-state index is 0.0395. The average Bonchev–Trinajstić information content (AvgIpc) is 3.00. The summed E-state index contributed by atoms with van der Waals surface area (Å²) in [6.45, 7) is 0. The molecule has 0 heterocycles. The molecule has 0 atom stereocenters. The molecule has 0 saturated heterocycles. The lowest BCUT2D eigenvalue weighted by Gasteiger charge is -2.11. The number of amides is 1. The van der Waals surface area contributed by atoms with Crippen LogP contribution < -0.4 is 10.1 Å². The molecule has 0 unspecified atom stereocenters. The molecule has 1 fully saturated rings. The number of benzene rings is 1. The van der Waals surface area contributed by atoms with Crippen molar-refractivity contribution in [2.24, 2.45) is 0 Å². The Morgan fingerprint density at radius 1 is 1.50 bits per heavy atom. The highest BCUT2D eigenvalue weighted by atomic mass is 79.9. The van der Waals surface area contributed by atoms with Crippen LogP contribution in [0.5, 0.6) is 11.5 Å². The number of hydrogen-bond donors (Lipinski definition) is 2. The fraction of sp³-hybridized carbons (Fsp3) is 0.375. The summed E-state index contributed by atoms with van der Waals surface area (Å²) >= 11 is 3.30. The van der Waals surface area contributed by atoms with Gasteiger partial charge in [0.1, 0.15) is 11.6 Å². The van der Waals surface area contributed by atoms with Gasteiger partial charge in [0.15, 0.2) is 11.5 Å². The Balaban J connectivity index is 2.26. The molecule has 0 aliphatic heterocycles. The molecule has 1 amide bonds. The van der Waals surface area contributed by atoms with Crippen molar-refractivity contribution in [1.82, 2.24) is 5.32 Å². The molecular weight excluding hydrogens is 348 g/mol. The zero-order valence-corrected chi connectivity index (χ0v) is 13.8. The first kappa shape index (κ1) is 16.4. The molecule has 1 aliphatic rings. The Morgan fingerprint density at radius 3 is 2.77 bits per heavy atom. The van der Waals surface area contributed by atoms with Gasteiger partial charge in [-0.2, -0.15) is 5.26 Å². The van der Waals surface area contributed by atoms with Crippen molar-refractivity contribution in [3.63, 3.8) is 0 Å². The largest absolute Gasteiger partial charge is 0.504 e. The van der Waals surface area contributed by atoms with E-state index in [1.807, 2.05) is 6.07 Å². The van der Waals surface area contributed by atoms with Gasteiger partial charge >= 0.3 is 0 Å². The molecule has 2 rings (SSSR count). The summed E-state index contributed by atoms with van der Waals surface area (Å²) in [7, 11) is 1.44. The molecule has 6 heteroatoms. The zero-order chi connectivity index (χ0) is 16.1. The standard InChI is InChI=1S/C16H17BrN2O3/c1-22-14-8-12(17)7-10(15(14)20)6-11(9-18)16(21)19-13-4-2-3-5-13/h6-8,13,20H,2-5H2,1H3,(H,19,21)/b11-6-. The maximum absolute atomic E-state index is 12.2. The predicted octanol–water partition coefficient (Wildman–Crippen LogP) is 3.13. The topological polar surface area (TPSA) is 82.3 Å². The van der Waals surface area contributed by atoms with Crippen molar-refractivity contribution >= 4 is 27.9 Å². The Morgan fingerprint density at radius 2 is 2.18 bits per heavy atom. The second-order valence-electron chi connectivity index (χ2n) is 5.17. The summed E-state index contributed by atoms with van der Waals surface area (Å²) in [6.07, 6.45) is 5.45. The molecule has 0 bridgehead atoms. The summed E-state index contributed by atoms with van der Waals surface area (Å²) in [5, 5.41) is 22.2. The molecule has 0 spiro atoms. The van der Waals surface area contributed by atoms with Crippen molar-refractivity contribution in [2.75, 3.05) is 7.11 Å². The highest BCUT2D eigenvalue weighted by Crippen LogP contribution is 2.34. The van der Waals surface area contributed by atoms with Gasteiger partial charge in [0.2, 0.25) is 0 Å². The van der Waals surface area contributed by atoms with Crippen LogP contribution in [0.15, 0.2) is 22.2 Å². The van der Waals surface area contributed by atoms with Gasteiger partial charge in [0, 0.05) is 16.1 Å². The molecule has 0 aromatic heterocycles. The zero-order valence-electron chi connectivity index (χ0n) is 12.2. The third kappa shape index (κ3) is 3.80. The molecule has 1 aromatic carbocycles. The van der Waals surface area contributed by atoms with Crippen molar-refractivity contribution < 1.29 is 14.6 Å².